The van der Waals surface area contributed by atoms with Crippen LogP contribution >= 0.6 is 0 Å². The van der Waals surface area contributed by atoms with Crippen LogP contribution in [0.2, 0.25) is 0 Å². The van der Waals surface area contributed by atoms with Crippen molar-refractivity contribution in [2.75, 3.05) is 26.2 Å². The van der Waals surface area contributed by atoms with E-state index in [0.717, 1.165) is 25.4 Å². The third-order valence-electron chi connectivity index (χ3n) is 4.43. The summed E-state index contributed by atoms with van der Waals surface area (Å²) in [4.78, 5) is 6.80. The van der Waals surface area contributed by atoms with Gasteiger partial charge in [0, 0.05) is 44.1 Å². The van der Waals surface area contributed by atoms with Crippen LogP contribution in [0.5, 0.6) is 0 Å². The summed E-state index contributed by atoms with van der Waals surface area (Å²) in [6, 6.07) is 4.21. The van der Waals surface area contributed by atoms with E-state index in [1.54, 1.807) is 0 Å². The highest BCUT2D eigenvalue weighted by Crippen LogP contribution is 2.40. The van der Waals surface area contributed by atoms with Gasteiger partial charge in [-0.05, 0) is 43.7 Å². The Labute approximate surface area is 110 Å². The maximum Gasteiger partial charge on any atom is 0.0309 e. The van der Waals surface area contributed by atoms with Crippen LogP contribution in [-0.2, 0) is 6.42 Å². The Kier molecular flexibility index (Phi) is 3.35. The highest BCUT2D eigenvalue weighted by Gasteiger charge is 2.43. The first-order chi connectivity index (χ1) is 8.76. The Balaban J connectivity index is 1.53. The van der Waals surface area contributed by atoms with Gasteiger partial charge >= 0.3 is 0 Å². The van der Waals surface area contributed by atoms with Crippen LogP contribution in [0.25, 0.3) is 0 Å². The molecule has 98 valence electrons. The predicted molar refractivity (Wildman–Crippen MR) is 73.5 cm³/mol. The molecule has 3 rings (SSSR count). The molecule has 0 radical (unpaired) electrons. The van der Waals surface area contributed by atoms with Crippen molar-refractivity contribution >= 4 is 0 Å². The molecule has 1 N–H and O–H groups in total. The van der Waals surface area contributed by atoms with Gasteiger partial charge in [0.2, 0.25) is 0 Å². The summed E-state index contributed by atoms with van der Waals surface area (Å²) in [5.74, 6) is 0.915. The lowest BCUT2D eigenvalue weighted by atomic mass is 9.93. The molecule has 2 heterocycles. The standard InChI is InChI=1S/C15H23N3/c1-15(14-4-5-14)12-18(10-8-17-15)9-6-13-3-2-7-16-11-13/h2-3,7,11,14,17H,4-6,8-10,12H2,1H3. The van der Waals surface area contributed by atoms with Crippen molar-refractivity contribution in [2.24, 2.45) is 5.92 Å². The van der Waals surface area contributed by atoms with E-state index in [1.165, 1.54) is 31.5 Å². The van der Waals surface area contributed by atoms with E-state index in [2.05, 4.69) is 28.2 Å². The molecule has 0 bridgehead atoms. The summed E-state index contributed by atoms with van der Waals surface area (Å²) in [6.07, 6.45) is 7.79. The molecule has 3 nitrogen and oxygen atoms in total. The molecule has 3 heteroatoms. The number of pyridine rings is 1. The van der Waals surface area contributed by atoms with E-state index in [4.69, 9.17) is 0 Å². The van der Waals surface area contributed by atoms with Crippen LogP contribution in [0.3, 0.4) is 0 Å². The molecular weight excluding hydrogens is 222 g/mol. The number of piperazine rings is 1. The normalized spacial score (nSPS) is 29.4. The van der Waals surface area contributed by atoms with E-state index in [0.29, 0.717) is 5.54 Å². The maximum atomic E-state index is 4.18. The summed E-state index contributed by atoms with van der Waals surface area (Å²) in [7, 11) is 0. The second kappa shape index (κ2) is 4.98. The van der Waals surface area contributed by atoms with Gasteiger partial charge in [0.25, 0.3) is 0 Å². The number of nitrogens with zero attached hydrogens (tertiary/aromatic N) is 2. The van der Waals surface area contributed by atoms with Gasteiger partial charge < -0.3 is 5.32 Å². The summed E-state index contributed by atoms with van der Waals surface area (Å²) >= 11 is 0. The Morgan fingerprint density at radius 1 is 1.50 bits per heavy atom. The molecule has 1 saturated heterocycles. The number of rotatable bonds is 4. The zero-order valence-corrected chi connectivity index (χ0v) is 11.2. The Morgan fingerprint density at radius 3 is 3.11 bits per heavy atom. The van der Waals surface area contributed by atoms with E-state index in [9.17, 15) is 0 Å². The molecule has 1 saturated carbocycles. The Bertz CT molecular complexity index is 388. The van der Waals surface area contributed by atoms with Crippen molar-refractivity contribution in [2.45, 2.75) is 31.7 Å². The van der Waals surface area contributed by atoms with Crippen molar-refractivity contribution < 1.29 is 0 Å². The summed E-state index contributed by atoms with van der Waals surface area (Å²) in [5.41, 5.74) is 1.72. The van der Waals surface area contributed by atoms with Gasteiger partial charge in [-0.2, -0.15) is 0 Å². The molecule has 1 atom stereocenters. The minimum absolute atomic E-state index is 0.368. The van der Waals surface area contributed by atoms with Crippen molar-refractivity contribution in [1.29, 1.82) is 0 Å². The zero-order valence-electron chi connectivity index (χ0n) is 11.2. The fourth-order valence-electron chi connectivity index (χ4n) is 3.12. The van der Waals surface area contributed by atoms with Crippen molar-refractivity contribution in [3.05, 3.63) is 30.1 Å². The minimum Gasteiger partial charge on any atom is -0.309 e. The molecule has 18 heavy (non-hydrogen) atoms. The lowest BCUT2D eigenvalue weighted by Crippen LogP contribution is -2.60. The van der Waals surface area contributed by atoms with E-state index < -0.39 is 0 Å². The van der Waals surface area contributed by atoms with Crippen molar-refractivity contribution in [3.63, 3.8) is 0 Å². The van der Waals surface area contributed by atoms with E-state index in [-0.39, 0.29) is 0 Å². The van der Waals surface area contributed by atoms with Crippen LogP contribution < -0.4 is 5.32 Å². The third-order valence-corrected chi connectivity index (χ3v) is 4.43. The monoisotopic (exact) mass is 245 g/mol. The molecule has 1 aliphatic heterocycles. The lowest BCUT2D eigenvalue weighted by molar-refractivity contribution is 0.128. The molecule has 1 aromatic rings. The Morgan fingerprint density at radius 2 is 2.39 bits per heavy atom. The van der Waals surface area contributed by atoms with E-state index >= 15 is 0 Å². The summed E-state index contributed by atoms with van der Waals surface area (Å²) in [6.45, 7) is 7.09. The van der Waals surface area contributed by atoms with Gasteiger partial charge in [0.15, 0.2) is 0 Å². The molecule has 0 amide bonds. The SMILES string of the molecule is CC1(C2CC2)CN(CCc2cccnc2)CCN1. The fourth-order valence-corrected chi connectivity index (χ4v) is 3.12. The van der Waals surface area contributed by atoms with Crippen LogP contribution in [0.1, 0.15) is 25.3 Å². The number of aromatic nitrogens is 1. The summed E-state index contributed by atoms with van der Waals surface area (Å²) in [5, 5.41) is 3.73. The summed E-state index contributed by atoms with van der Waals surface area (Å²) < 4.78 is 0. The van der Waals surface area contributed by atoms with Gasteiger partial charge in [-0.15, -0.1) is 0 Å². The van der Waals surface area contributed by atoms with Gasteiger partial charge in [0.1, 0.15) is 0 Å². The van der Waals surface area contributed by atoms with Crippen LogP contribution in [0.15, 0.2) is 24.5 Å². The second-order valence-electron chi connectivity index (χ2n) is 6.01. The van der Waals surface area contributed by atoms with Gasteiger partial charge in [-0.25, -0.2) is 0 Å². The molecule has 2 aliphatic rings. The van der Waals surface area contributed by atoms with E-state index in [1.807, 2.05) is 18.5 Å². The van der Waals surface area contributed by atoms with Gasteiger partial charge in [-0.1, -0.05) is 6.07 Å². The molecule has 1 aromatic heterocycles. The second-order valence-corrected chi connectivity index (χ2v) is 6.01. The van der Waals surface area contributed by atoms with Crippen molar-refractivity contribution in [3.8, 4) is 0 Å². The maximum absolute atomic E-state index is 4.18. The smallest absolute Gasteiger partial charge is 0.0309 e. The predicted octanol–water partition coefficient (Wildman–Crippen LogP) is 1.70. The number of nitrogens with one attached hydrogen (secondary N) is 1. The molecule has 0 aromatic carbocycles. The Hall–Kier alpha value is -0.930. The topological polar surface area (TPSA) is 28.2 Å². The largest absolute Gasteiger partial charge is 0.309 e. The first kappa shape index (κ1) is 12.1. The van der Waals surface area contributed by atoms with Gasteiger partial charge in [0.05, 0.1) is 0 Å². The number of hydrogen-bond acceptors (Lipinski definition) is 3. The highest BCUT2D eigenvalue weighted by atomic mass is 15.2. The quantitative estimate of drug-likeness (QED) is 0.875. The highest BCUT2D eigenvalue weighted by molar-refractivity contribution is 5.09. The van der Waals surface area contributed by atoms with Gasteiger partial charge in [-0.3, -0.25) is 9.88 Å². The number of hydrogen-bond donors (Lipinski definition) is 1. The molecule has 2 fully saturated rings. The molecule has 0 spiro atoms. The van der Waals surface area contributed by atoms with Crippen LogP contribution in [0, 0.1) is 5.92 Å². The zero-order chi connectivity index (χ0) is 12.4. The van der Waals surface area contributed by atoms with Crippen LogP contribution in [0.4, 0.5) is 0 Å². The first-order valence-corrected chi connectivity index (χ1v) is 7.12. The molecular formula is C15H23N3. The van der Waals surface area contributed by atoms with Crippen LogP contribution in [-0.4, -0.2) is 41.6 Å². The first-order valence-electron chi connectivity index (χ1n) is 7.12. The van der Waals surface area contributed by atoms with Crippen molar-refractivity contribution in [1.82, 2.24) is 15.2 Å². The average molecular weight is 245 g/mol. The lowest BCUT2D eigenvalue weighted by Gasteiger charge is -2.42. The molecule has 1 unspecified atom stereocenters. The molecule has 1 aliphatic carbocycles. The average Bonchev–Trinajstić information content (AvgIpc) is 3.22. The third kappa shape index (κ3) is 2.73. The fraction of sp³-hybridized carbons (Fsp3) is 0.667. The minimum atomic E-state index is 0.368.